The third-order valence-corrected chi connectivity index (χ3v) is 2.08. The first-order valence-electron chi connectivity index (χ1n) is 5.81. The average Bonchev–Trinajstić information content (AvgIpc) is 2.40. The van der Waals surface area contributed by atoms with E-state index in [1.54, 1.807) is 0 Å². The lowest BCUT2D eigenvalue weighted by molar-refractivity contribution is -0.352. The van der Waals surface area contributed by atoms with E-state index in [-0.39, 0.29) is 45.7 Å². The number of ether oxygens (including phenoxy) is 1. The Labute approximate surface area is 105 Å². The van der Waals surface area contributed by atoms with Gasteiger partial charge < -0.3 is 20.1 Å². The normalized spacial score (nSPS) is 19.5. The summed E-state index contributed by atoms with van der Waals surface area (Å²) in [6.45, 7) is 1.13. The predicted molar refractivity (Wildman–Crippen MR) is 59.4 cm³/mol. The summed E-state index contributed by atoms with van der Waals surface area (Å²) in [7, 11) is 0. The zero-order valence-corrected chi connectivity index (χ0v) is 10.2. The highest BCUT2D eigenvalue weighted by molar-refractivity contribution is 4.65. The van der Waals surface area contributed by atoms with Gasteiger partial charge in [0, 0.05) is 0 Å². The van der Waals surface area contributed by atoms with Gasteiger partial charge in [-0.3, -0.25) is 9.68 Å². The van der Waals surface area contributed by atoms with Crippen LogP contribution >= 0.6 is 0 Å². The fraction of sp³-hybridized carbons (Fsp3) is 1.00. The van der Waals surface area contributed by atoms with Crippen LogP contribution in [0.4, 0.5) is 0 Å². The standard InChI is InChI=1S/C9H21N3O6/c13-1-4-16-9-7-11(17-5-2-14)10-12(8-9)18-6-3-15/h9-10,13-15H,1-8H2. The molecule has 0 aromatic carbocycles. The maximum atomic E-state index is 8.72. The average molecular weight is 267 g/mol. The van der Waals surface area contributed by atoms with E-state index in [0.29, 0.717) is 13.1 Å². The fourth-order valence-corrected chi connectivity index (χ4v) is 1.42. The molecule has 1 heterocycles. The Morgan fingerprint density at radius 2 is 1.39 bits per heavy atom. The first-order valence-corrected chi connectivity index (χ1v) is 5.81. The van der Waals surface area contributed by atoms with Crippen LogP contribution in [0.3, 0.4) is 0 Å². The molecule has 1 aliphatic heterocycles. The monoisotopic (exact) mass is 267 g/mol. The van der Waals surface area contributed by atoms with Crippen molar-refractivity contribution in [3.05, 3.63) is 0 Å². The smallest absolute Gasteiger partial charge is 0.0933 e. The summed E-state index contributed by atoms with van der Waals surface area (Å²) in [5, 5.41) is 28.8. The maximum Gasteiger partial charge on any atom is 0.0933 e. The Balaban J connectivity index is 2.38. The zero-order valence-electron chi connectivity index (χ0n) is 10.2. The van der Waals surface area contributed by atoms with Gasteiger partial charge in [-0.15, -0.1) is 15.9 Å². The molecule has 9 heteroatoms. The van der Waals surface area contributed by atoms with E-state index in [0.717, 1.165) is 0 Å². The highest BCUT2D eigenvalue weighted by Gasteiger charge is 2.27. The number of nitrogens with one attached hydrogen (secondary N) is 1. The lowest BCUT2D eigenvalue weighted by atomic mass is 10.3. The largest absolute Gasteiger partial charge is 0.394 e. The van der Waals surface area contributed by atoms with Crippen molar-refractivity contribution in [1.29, 1.82) is 0 Å². The van der Waals surface area contributed by atoms with Gasteiger partial charge in [-0.25, -0.2) is 0 Å². The predicted octanol–water partition coefficient (Wildman–Crippen LogP) is -2.75. The molecule has 1 aliphatic rings. The van der Waals surface area contributed by atoms with Gasteiger partial charge in [0.1, 0.15) is 0 Å². The van der Waals surface area contributed by atoms with Crippen molar-refractivity contribution in [3.63, 3.8) is 0 Å². The van der Waals surface area contributed by atoms with E-state index in [1.165, 1.54) is 10.3 Å². The van der Waals surface area contributed by atoms with Gasteiger partial charge in [0.15, 0.2) is 0 Å². The second kappa shape index (κ2) is 9.55. The molecular formula is C9H21N3O6. The van der Waals surface area contributed by atoms with E-state index in [4.69, 9.17) is 29.7 Å². The summed E-state index contributed by atoms with van der Waals surface area (Å²) >= 11 is 0. The molecule has 0 spiro atoms. The van der Waals surface area contributed by atoms with Crippen LogP contribution < -0.4 is 5.53 Å². The van der Waals surface area contributed by atoms with Gasteiger partial charge in [0.05, 0.1) is 58.8 Å². The minimum atomic E-state index is -0.212. The van der Waals surface area contributed by atoms with E-state index < -0.39 is 0 Å². The van der Waals surface area contributed by atoms with Gasteiger partial charge in [-0.05, 0) is 0 Å². The van der Waals surface area contributed by atoms with E-state index >= 15 is 0 Å². The molecule has 18 heavy (non-hydrogen) atoms. The molecule has 0 atom stereocenters. The molecule has 0 radical (unpaired) electrons. The summed E-state index contributed by atoms with van der Waals surface area (Å²) in [6, 6.07) is 0. The minimum absolute atomic E-state index is 0.0566. The molecule has 108 valence electrons. The molecule has 0 bridgehead atoms. The topological polar surface area (TPSA) is 107 Å². The van der Waals surface area contributed by atoms with Crippen molar-refractivity contribution < 1.29 is 29.7 Å². The Morgan fingerprint density at radius 3 is 1.83 bits per heavy atom. The number of hydrogen-bond donors (Lipinski definition) is 4. The van der Waals surface area contributed by atoms with Crippen LogP contribution in [-0.2, 0) is 14.4 Å². The summed E-state index contributed by atoms with van der Waals surface area (Å²) in [6.07, 6.45) is -0.212. The SMILES string of the molecule is OCCOC1CN(OCCO)NN(OCCO)C1. The number of hydroxylamine groups is 2. The van der Waals surface area contributed by atoms with Gasteiger partial charge >= 0.3 is 0 Å². The first kappa shape index (κ1) is 15.7. The Hall–Kier alpha value is -0.360. The number of aliphatic hydroxyl groups is 3. The highest BCUT2D eigenvalue weighted by Crippen LogP contribution is 2.06. The summed E-state index contributed by atoms with van der Waals surface area (Å²) in [5.41, 5.74) is 2.79. The van der Waals surface area contributed by atoms with Gasteiger partial charge in [-0.2, -0.15) is 0 Å². The van der Waals surface area contributed by atoms with Crippen LogP contribution in [0.25, 0.3) is 0 Å². The van der Waals surface area contributed by atoms with Gasteiger partial charge in [0.2, 0.25) is 0 Å². The van der Waals surface area contributed by atoms with Crippen molar-refractivity contribution in [2.75, 3.05) is 52.7 Å². The van der Waals surface area contributed by atoms with Crippen LogP contribution in [0.1, 0.15) is 0 Å². The van der Waals surface area contributed by atoms with Crippen LogP contribution in [0.15, 0.2) is 0 Å². The molecule has 0 aliphatic carbocycles. The summed E-state index contributed by atoms with van der Waals surface area (Å²) in [4.78, 5) is 10.4. The second-order valence-electron chi connectivity index (χ2n) is 3.55. The summed E-state index contributed by atoms with van der Waals surface area (Å²) < 4.78 is 5.39. The van der Waals surface area contributed by atoms with Gasteiger partial charge in [-0.1, -0.05) is 0 Å². The first-order chi connectivity index (χ1) is 8.80. The molecule has 4 N–H and O–H groups in total. The van der Waals surface area contributed by atoms with Crippen molar-refractivity contribution >= 4 is 0 Å². The lowest BCUT2D eigenvalue weighted by Gasteiger charge is -2.38. The molecule has 0 unspecified atom stereocenters. The third-order valence-electron chi connectivity index (χ3n) is 2.08. The second-order valence-corrected chi connectivity index (χ2v) is 3.55. The molecule has 9 nitrogen and oxygen atoms in total. The fourth-order valence-electron chi connectivity index (χ4n) is 1.42. The lowest BCUT2D eigenvalue weighted by Crippen LogP contribution is -2.61. The Morgan fingerprint density at radius 1 is 0.889 bits per heavy atom. The van der Waals surface area contributed by atoms with Crippen LogP contribution in [0.2, 0.25) is 0 Å². The quantitative estimate of drug-likeness (QED) is 0.353. The molecule has 0 aromatic heterocycles. The molecule has 0 saturated carbocycles. The van der Waals surface area contributed by atoms with Crippen LogP contribution in [-0.4, -0.2) is 84.5 Å². The molecule has 0 aromatic rings. The van der Waals surface area contributed by atoms with Crippen molar-refractivity contribution in [2.24, 2.45) is 0 Å². The molecule has 1 fully saturated rings. The van der Waals surface area contributed by atoms with Crippen molar-refractivity contribution in [1.82, 2.24) is 15.9 Å². The number of hydrazine groups is 2. The van der Waals surface area contributed by atoms with Gasteiger partial charge in [0.25, 0.3) is 0 Å². The zero-order chi connectivity index (χ0) is 13.2. The van der Waals surface area contributed by atoms with E-state index in [9.17, 15) is 0 Å². The van der Waals surface area contributed by atoms with Crippen LogP contribution in [0.5, 0.6) is 0 Å². The number of hydrogen-bond acceptors (Lipinski definition) is 9. The number of nitrogens with zero attached hydrogens (tertiary/aromatic N) is 2. The molecule has 1 rings (SSSR count). The third kappa shape index (κ3) is 6.00. The van der Waals surface area contributed by atoms with Crippen LogP contribution in [0, 0.1) is 0 Å². The molecular weight excluding hydrogens is 246 g/mol. The molecule has 1 saturated heterocycles. The minimum Gasteiger partial charge on any atom is -0.394 e. The van der Waals surface area contributed by atoms with Crippen molar-refractivity contribution in [2.45, 2.75) is 6.10 Å². The maximum absolute atomic E-state index is 8.72. The van der Waals surface area contributed by atoms with E-state index in [1.807, 2.05) is 0 Å². The van der Waals surface area contributed by atoms with E-state index in [2.05, 4.69) is 5.53 Å². The highest BCUT2D eigenvalue weighted by atomic mass is 16.8. The summed E-state index contributed by atoms with van der Waals surface area (Å²) in [5.74, 6) is 0. The number of aliphatic hydroxyl groups excluding tert-OH is 3. The van der Waals surface area contributed by atoms with Crippen molar-refractivity contribution in [3.8, 4) is 0 Å². The molecule has 0 amide bonds. The Kier molecular flexibility index (Phi) is 8.33. The Bertz CT molecular complexity index is 171. The number of rotatable bonds is 9.